The maximum atomic E-state index is 5.98. The van der Waals surface area contributed by atoms with E-state index in [2.05, 4.69) is 65.7 Å². The van der Waals surface area contributed by atoms with Crippen LogP contribution < -0.4 is 0 Å². The minimum Gasteiger partial charge on any atom is -0.355 e. The number of halogens is 1. The van der Waals surface area contributed by atoms with Crippen molar-refractivity contribution < 1.29 is 0 Å². The lowest BCUT2D eigenvalue weighted by molar-refractivity contribution is 1.42. The SMILES string of the molecule is Clc1ccc(/C=C/c2c(/C=C/c3ccccc3)[nH]c3ccccc23)cc1. The molecule has 0 fully saturated rings. The summed E-state index contributed by atoms with van der Waals surface area (Å²) in [5.41, 5.74) is 5.72. The van der Waals surface area contributed by atoms with E-state index in [1.54, 1.807) is 0 Å². The molecule has 0 saturated heterocycles. The van der Waals surface area contributed by atoms with E-state index in [4.69, 9.17) is 11.6 Å². The van der Waals surface area contributed by atoms with E-state index in [0.717, 1.165) is 21.8 Å². The van der Waals surface area contributed by atoms with E-state index in [1.165, 1.54) is 16.5 Å². The number of rotatable bonds is 4. The van der Waals surface area contributed by atoms with Gasteiger partial charge in [-0.3, -0.25) is 0 Å². The number of nitrogens with one attached hydrogen (secondary N) is 1. The highest BCUT2D eigenvalue weighted by Gasteiger charge is 2.06. The van der Waals surface area contributed by atoms with Crippen molar-refractivity contribution in [1.29, 1.82) is 0 Å². The lowest BCUT2D eigenvalue weighted by Crippen LogP contribution is -1.77. The zero-order chi connectivity index (χ0) is 17.8. The number of benzene rings is 3. The van der Waals surface area contributed by atoms with Gasteiger partial charge >= 0.3 is 0 Å². The quantitative estimate of drug-likeness (QED) is 0.399. The lowest BCUT2D eigenvalue weighted by atomic mass is 10.1. The van der Waals surface area contributed by atoms with Gasteiger partial charge in [0.05, 0.1) is 0 Å². The molecule has 0 saturated carbocycles. The van der Waals surface area contributed by atoms with Crippen LogP contribution in [0.4, 0.5) is 0 Å². The molecule has 0 aliphatic heterocycles. The molecular formula is C24H18ClN. The summed E-state index contributed by atoms with van der Waals surface area (Å²) in [6.07, 6.45) is 8.54. The van der Waals surface area contributed by atoms with Crippen LogP contribution in [0.15, 0.2) is 78.9 Å². The number of para-hydroxylation sites is 1. The molecule has 0 aliphatic rings. The molecule has 1 heterocycles. The minimum atomic E-state index is 0.751. The molecule has 0 amide bonds. The van der Waals surface area contributed by atoms with Crippen molar-refractivity contribution in [1.82, 2.24) is 4.98 Å². The van der Waals surface area contributed by atoms with Gasteiger partial charge in [-0.2, -0.15) is 0 Å². The Morgan fingerprint density at radius 2 is 1.27 bits per heavy atom. The molecule has 1 aromatic heterocycles. The third kappa shape index (κ3) is 3.63. The van der Waals surface area contributed by atoms with Crippen LogP contribution in [0.1, 0.15) is 22.4 Å². The van der Waals surface area contributed by atoms with Crippen LogP contribution >= 0.6 is 11.6 Å². The molecule has 1 nitrogen and oxygen atoms in total. The predicted molar refractivity (Wildman–Crippen MR) is 114 cm³/mol. The minimum absolute atomic E-state index is 0.751. The number of H-pyrrole nitrogens is 1. The topological polar surface area (TPSA) is 15.8 Å². The van der Waals surface area contributed by atoms with E-state index < -0.39 is 0 Å². The molecule has 0 radical (unpaired) electrons. The second-order valence-corrected chi connectivity index (χ2v) is 6.56. The lowest BCUT2D eigenvalue weighted by Gasteiger charge is -1.97. The van der Waals surface area contributed by atoms with E-state index in [1.807, 2.05) is 42.5 Å². The normalized spacial score (nSPS) is 11.7. The van der Waals surface area contributed by atoms with Gasteiger partial charge in [-0.05, 0) is 35.4 Å². The Hall–Kier alpha value is -3.03. The highest BCUT2D eigenvalue weighted by atomic mass is 35.5. The van der Waals surface area contributed by atoms with Crippen LogP contribution in [-0.4, -0.2) is 4.98 Å². The molecule has 0 aliphatic carbocycles. The zero-order valence-electron chi connectivity index (χ0n) is 14.2. The first-order valence-corrected chi connectivity index (χ1v) is 8.95. The number of fused-ring (bicyclic) bond motifs is 1. The average Bonchev–Trinajstić information content (AvgIpc) is 3.04. The predicted octanol–water partition coefficient (Wildman–Crippen LogP) is 7.16. The molecule has 1 N–H and O–H groups in total. The van der Waals surface area contributed by atoms with Gasteiger partial charge in [0.1, 0.15) is 0 Å². The van der Waals surface area contributed by atoms with Crippen molar-refractivity contribution in [2.75, 3.05) is 0 Å². The molecule has 0 spiro atoms. The Kier molecular flexibility index (Phi) is 4.72. The van der Waals surface area contributed by atoms with Crippen LogP contribution in [0.5, 0.6) is 0 Å². The summed E-state index contributed by atoms with van der Waals surface area (Å²) in [4.78, 5) is 3.52. The summed E-state index contributed by atoms with van der Waals surface area (Å²) in [5.74, 6) is 0. The van der Waals surface area contributed by atoms with Crippen LogP contribution in [0, 0.1) is 0 Å². The zero-order valence-corrected chi connectivity index (χ0v) is 14.9. The van der Waals surface area contributed by atoms with Crippen LogP contribution in [0.3, 0.4) is 0 Å². The first kappa shape index (κ1) is 16.4. The molecule has 2 heteroatoms. The Morgan fingerprint density at radius 3 is 2.08 bits per heavy atom. The van der Waals surface area contributed by atoms with E-state index in [-0.39, 0.29) is 0 Å². The Labute approximate surface area is 158 Å². The second kappa shape index (κ2) is 7.47. The van der Waals surface area contributed by atoms with Gasteiger partial charge in [0.2, 0.25) is 0 Å². The molecule has 0 unspecified atom stereocenters. The molecule has 0 atom stereocenters. The van der Waals surface area contributed by atoms with Crippen molar-refractivity contribution >= 4 is 46.8 Å². The van der Waals surface area contributed by atoms with Crippen LogP contribution in [0.2, 0.25) is 5.02 Å². The van der Waals surface area contributed by atoms with Crippen molar-refractivity contribution in [3.05, 3.63) is 106 Å². The van der Waals surface area contributed by atoms with Gasteiger partial charge in [-0.25, -0.2) is 0 Å². The smallest absolute Gasteiger partial charge is 0.0465 e. The van der Waals surface area contributed by atoms with Gasteiger partial charge < -0.3 is 4.98 Å². The van der Waals surface area contributed by atoms with E-state index in [9.17, 15) is 0 Å². The van der Waals surface area contributed by atoms with Crippen molar-refractivity contribution in [2.24, 2.45) is 0 Å². The fourth-order valence-electron chi connectivity index (χ4n) is 2.99. The first-order valence-electron chi connectivity index (χ1n) is 8.57. The third-order valence-electron chi connectivity index (χ3n) is 4.33. The largest absolute Gasteiger partial charge is 0.355 e. The van der Waals surface area contributed by atoms with Gasteiger partial charge in [0.15, 0.2) is 0 Å². The van der Waals surface area contributed by atoms with Gasteiger partial charge in [0, 0.05) is 27.2 Å². The fraction of sp³-hybridized carbons (Fsp3) is 0. The number of aromatic nitrogens is 1. The molecule has 126 valence electrons. The van der Waals surface area contributed by atoms with Crippen LogP contribution in [-0.2, 0) is 0 Å². The number of aromatic amines is 1. The van der Waals surface area contributed by atoms with E-state index >= 15 is 0 Å². The van der Waals surface area contributed by atoms with Crippen molar-refractivity contribution in [3.8, 4) is 0 Å². The fourth-order valence-corrected chi connectivity index (χ4v) is 3.12. The summed E-state index contributed by atoms with van der Waals surface area (Å²) in [7, 11) is 0. The van der Waals surface area contributed by atoms with Crippen LogP contribution in [0.25, 0.3) is 35.2 Å². The van der Waals surface area contributed by atoms with Crippen molar-refractivity contribution in [2.45, 2.75) is 0 Å². The Morgan fingerprint density at radius 1 is 0.615 bits per heavy atom. The summed E-state index contributed by atoms with van der Waals surface area (Å²) in [6, 6.07) is 26.6. The molecule has 4 aromatic rings. The molecule has 0 bridgehead atoms. The van der Waals surface area contributed by atoms with Crippen molar-refractivity contribution in [3.63, 3.8) is 0 Å². The molecule has 4 rings (SSSR count). The third-order valence-corrected chi connectivity index (χ3v) is 4.58. The molecule has 26 heavy (non-hydrogen) atoms. The Bertz CT molecular complexity index is 1070. The highest BCUT2D eigenvalue weighted by Crippen LogP contribution is 2.26. The summed E-state index contributed by atoms with van der Waals surface area (Å²) < 4.78 is 0. The summed E-state index contributed by atoms with van der Waals surface area (Å²) >= 11 is 5.98. The average molecular weight is 356 g/mol. The summed E-state index contributed by atoms with van der Waals surface area (Å²) in [5, 5.41) is 1.96. The maximum Gasteiger partial charge on any atom is 0.0465 e. The summed E-state index contributed by atoms with van der Waals surface area (Å²) in [6.45, 7) is 0. The maximum absolute atomic E-state index is 5.98. The number of hydrogen-bond donors (Lipinski definition) is 1. The molecular weight excluding hydrogens is 338 g/mol. The van der Waals surface area contributed by atoms with Gasteiger partial charge in [-0.15, -0.1) is 0 Å². The monoisotopic (exact) mass is 355 g/mol. The second-order valence-electron chi connectivity index (χ2n) is 6.13. The number of hydrogen-bond acceptors (Lipinski definition) is 0. The molecule has 3 aromatic carbocycles. The van der Waals surface area contributed by atoms with Gasteiger partial charge in [0.25, 0.3) is 0 Å². The van der Waals surface area contributed by atoms with E-state index in [0.29, 0.717) is 0 Å². The first-order chi connectivity index (χ1) is 12.8. The highest BCUT2D eigenvalue weighted by molar-refractivity contribution is 6.30. The standard InChI is InChI=1S/C24H18ClN/c25-20-14-10-19(11-15-20)12-16-22-21-8-4-5-9-23(21)26-24(22)17-13-18-6-2-1-3-7-18/h1-17,26H/b16-12+,17-13+. The Balaban J connectivity index is 1.74. The van der Waals surface area contributed by atoms with Gasteiger partial charge in [-0.1, -0.05) is 90.5 Å².